The molecule has 0 aromatic heterocycles. The van der Waals surface area contributed by atoms with Crippen molar-refractivity contribution in [2.45, 2.75) is 25.7 Å². The van der Waals surface area contributed by atoms with Gasteiger partial charge in [0.1, 0.15) is 0 Å². The van der Waals surface area contributed by atoms with Gasteiger partial charge in [0.15, 0.2) is 0 Å². The van der Waals surface area contributed by atoms with Crippen LogP contribution in [0.3, 0.4) is 0 Å². The van der Waals surface area contributed by atoms with Gasteiger partial charge in [-0.3, -0.25) is 0 Å². The molecule has 2 aliphatic heterocycles. The Morgan fingerprint density at radius 3 is 1.25 bits per heavy atom. The normalized spacial score (nSPS) is 24.0. The molecule has 12 heavy (non-hydrogen) atoms. The van der Waals surface area contributed by atoms with Gasteiger partial charge in [0.25, 0.3) is 0 Å². The molecule has 0 unspecified atom stereocenters. The second-order valence-corrected chi connectivity index (χ2v) is 2.90. The molecule has 2 rings (SSSR count). The maximum absolute atomic E-state index is 4.82. The Morgan fingerprint density at radius 2 is 1.17 bits per heavy atom. The fourth-order valence-electron chi connectivity index (χ4n) is 1.03. The summed E-state index contributed by atoms with van der Waals surface area (Å²) in [4.78, 5) is 9.64. The van der Waals surface area contributed by atoms with Crippen molar-refractivity contribution >= 4 is 0 Å². The topological polar surface area (TPSA) is 42.5 Å². The van der Waals surface area contributed by atoms with Crippen LogP contribution in [0.25, 0.3) is 0 Å². The molecule has 0 aromatic rings. The quantitative estimate of drug-likeness (QED) is 0.564. The van der Waals surface area contributed by atoms with Gasteiger partial charge in [-0.1, -0.05) is 0 Å². The highest BCUT2D eigenvalue weighted by molar-refractivity contribution is 4.43. The first-order chi connectivity index (χ1) is 6.00. The molecule has 4 heteroatoms. The summed E-state index contributed by atoms with van der Waals surface area (Å²) in [5.41, 5.74) is 5.57. The van der Waals surface area contributed by atoms with Gasteiger partial charge in [0.05, 0.1) is 13.2 Å². The highest BCUT2D eigenvalue weighted by Crippen LogP contribution is 1.91. The van der Waals surface area contributed by atoms with Crippen LogP contribution in [0.2, 0.25) is 0 Å². The minimum absolute atomic E-state index is 0.889. The molecule has 2 saturated heterocycles. The molecular formula is C8H18N2O2. The van der Waals surface area contributed by atoms with Crippen molar-refractivity contribution in [2.75, 3.05) is 26.3 Å². The van der Waals surface area contributed by atoms with E-state index in [9.17, 15) is 0 Å². The lowest BCUT2D eigenvalue weighted by Gasteiger charge is -2.09. The van der Waals surface area contributed by atoms with E-state index in [1.165, 1.54) is 25.7 Å². The highest BCUT2D eigenvalue weighted by atomic mass is 16.6. The first kappa shape index (κ1) is 9.92. The average molecular weight is 174 g/mol. The smallest absolute Gasteiger partial charge is 0.0682 e. The van der Waals surface area contributed by atoms with Crippen molar-refractivity contribution in [3.8, 4) is 0 Å². The molecule has 0 amide bonds. The Morgan fingerprint density at radius 1 is 0.667 bits per heavy atom. The molecule has 0 atom stereocenters. The van der Waals surface area contributed by atoms with Gasteiger partial charge < -0.3 is 9.68 Å². The molecule has 0 aliphatic carbocycles. The van der Waals surface area contributed by atoms with Gasteiger partial charge in [-0.05, 0) is 25.7 Å². The molecule has 0 spiro atoms. The van der Waals surface area contributed by atoms with E-state index in [0.717, 1.165) is 26.3 Å². The summed E-state index contributed by atoms with van der Waals surface area (Å²) in [5.74, 6) is 0. The second-order valence-electron chi connectivity index (χ2n) is 2.90. The van der Waals surface area contributed by atoms with E-state index >= 15 is 0 Å². The van der Waals surface area contributed by atoms with E-state index in [0.29, 0.717) is 0 Å². The van der Waals surface area contributed by atoms with Crippen LogP contribution in [0.4, 0.5) is 0 Å². The largest absolute Gasteiger partial charge is 0.302 e. The van der Waals surface area contributed by atoms with Crippen LogP contribution >= 0.6 is 0 Å². The zero-order chi connectivity index (χ0) is 8.49. The van der Waals surface area contributed by atoms with E-state index in [1.54, 1.807) is 0 Å². The van der Waals surface area contributed by atoms with Crippen molar-refractivity contribution in [3.05, 3.63) is 0 Å². The van der Waals surface area contributed by atoms with Crippen LogP contribution in [0.1, 0.15) is 25.7 Å². The summed E-state index contributed by atoms with van der Waals surface area (Å²) in [6, 6.07) is 0. The lowest BCUT2D eigenvalue weighted by atomic mass is 10.3. The average Bonchev–Trinajstić information content (AvgIpc) is 2.24. The third kappa shape index (κ3) is 5.49. The van der Waals surface area contributed by atoms with Gasteiger partial charge >= 0.3 is 0 Å². The third-order valence-corrected chi connectivity index (χ3v) is 1.75. The van der Waals surface area contributed by atoms with Crippen molar-refractivity contribution in [3.63, 3.8) is 0 Å². The molecule has 0 aromatic carbocycles. The van der Waals surface area contributed by atoms with Gasteiger partial charge in [-0.15, -0.1) is 0 Å². The molecule has 2 fully saturated rings. The standard InChI is InChI=1S/2C4H9NO/c2*1-2-4-6-5-3-1/h2*5H,1-4H2. The predicted molar refractivity (Wildman–Crippen MR) is 46.4 cm³/mol. The number of hydroxylamine groups is 2. The Labute approximate surface area is 73.5 Å². The van der Waals surface area contributed by atoms with E-state index < -0.39 is 0 Å². The maximum atomic E-state index is 4.82. The number of rotatable bonds is 0. The monoisotopic (exact) mass is 174 g/mol. The summed E-state index contributed by atoms with van der Waals surface area (Å²) < 4.78 is 0. The van der Waals surface area contributed by atoms with Gasteiger partial charge in [-0.2, -0.15) is 0 Å². The van der Waals surface area contributed by atoms with Crippen LogP contribution in [0.5, 0.6) is 0 Å². The molecule has 72 valence electrons. The van der Waals surface area contributed by atoms with Crippen LogP contribution in [0.15, 0.2) is 0 Å². The second kappa shape index (κ2) is 7.49. The summed E-state index contributed by atoms with van der Waals surface area (Å²) in [6.45, 7) is 3.83. The van der Waals surface area contributed by atoms with Crippen LogP contribution in [-0.2, 0) is 9.68 Å². The van der Waals surface area contributed by atoms with Crippen LogP contribution in [-0.4, -0.2) is 26.3 Å². The van der Waals surface area contributed by atoms with Crippen molar-refractivity contribution in [2.24, 2.45) is 0 Å². The lowest BCUT2D eigenvalue weighted by Crippen LogP contribution is -2.22. The first-order valence-corrected chi connectivity index (χ1v) is 4.69. The zero-order valence-electron chi connectivity index (χ0n) is 7.47. The summed E-state index contributed by atoms with van der Waals surface area (Å²) in [5, 5.41) is 0. The lowest BCUT2D eigenvalue weighted by molar-refractivity contribution is 0.0127. The summed E-state index contributed by atoms with van der Waals surface area (Å²) >= 11 is 0. The summed E-state index contributed by atoms with van der Waals surface area (Å²) in [6.07, 6.45) is 4.96. The van der Waals surface area contributed by atoms with Gasteiger partial charge in [0, 0.05) is 13.1 Å². The fourth-order valence-corrected chi connectivity index (χ4v) is 1.03. The molecule has 4 nitrogen and oxygen atoms in total. The van der Waals surface area contributed by atoms with Crippen LogP contribution in [0, 0.1) is 0 Å². The summed E-state index contributed by atoms with van der Waals surface area (Å²) in [7, 11) is 0. The molecule has 2 N–H and O–H groups in total. The SMILES string of the molecule is C1CCONC1.C1CCONC1. The molecule has 0 saturated carbocycles. The number of nitrogens with one attached hydrogen (secondary N) is 2. The van der Waals surface area contributed by atoms with Crippen molar-refractivity contribution < 1.29 is 9.68 Å². The van der Waals surface area contributed by atoms with E-state index in [2.05, 4.69) is 11.0 Å². The number of hydrogen-bond donors (Lipinski definition) is 2. The predicted octanol–water partition coefficient (Wildman–Crippen LogP) is 0.603. The highest BCUT2D eigenvalue weighted by Gasteiger charge is 1.94. The first-order valence-electron chi connectivity index (χ1n) is 4.69. The minimum Gasteiger partial charge on any atom is -0.302 e. The number of hydrogen-bond acceptors (Lipinski definition) is 4. The Balaban J connectivity index is 0.000000120. The Hall–Kier alpha value is -0.160. The van der Waals surface area contributed by atoms with Crippen LogP contribution < -0.4 is 11.0 Å². The Bertz CT molecular complexity index is 58.0. The van der Waals surface area contributed by atoms with Gasteiger partial charge in [-0.25, -0.2) is 11.0 Å². The maximum Gasteiger partial charge on any atom is 0.0682 e. The van der Waals surface area contributed by atoms with E-state index in [-0.39, 0.29) is 0 Å². The van der Waals surface area contributed by atoms with Crippen molar-refractivity contribution in [1.82, 2.24) is 11.0 Å². The molecule has 2 heterocycles. The van der Waals surface area contributed by atoms with E-state index in [4.69, 9.17) is 9.68 Å². The minimum atomic E-state index is 0.889. The van der Waals surface area contributed by atoms with Gasteiger partial charge in [0.2, 0.25) is 0 Å². The molecule has 2 aliphatic rings. The van der Waals surface area contributed by atoms with E-state index in [1.807, 2.05) is 0 Å². The Kier molecular flexibility index (Phi) is 6.19. The third-order valence-electron chi connectivity index (χ3n) is 1.75. The molecule has 0 radical (unpaired) electrons. The zero-order valence-corrected chi connectivity index (χ0v) is 7.47. The van der Waals surface area contributed by atoms with Crippen molar-refractivity contribution in [1.29, 1.82) is 0 Å². The molecule has 0 bridgehead atoms. The molecular weight excluding hydrogens is 156 g/mol. The fraction of sp³-hybridized carbons (Fsp3) is 1.00.